The topological polar surface area (TPSA) is 58.3 Å². The first-order valence-corrected chi connectivity index (χ1v) is 7.07. The molecular formula is C15H23FN2O. The minimum absolute atomic E-state index is 0.182. The monoisotopic (exact) mass is 266 g/mol. The first-order valence-electron chi connectivity index (χ1n) is 7.07. The van der Waals surface area contributed by atoms with E-state index >= 15 is 0 Å². The van der Waals surface area contributed by atoms with E-state index in [4.69, 9.17) is 5.73 Å². The third-order valence-electron chi connectivity index (χ3n) is 4.08. The Hall–Kier alpha value is -0.970. The van der Waals surface area contributed by atoms with Gasteiger partial charge in [-0.25, -0.2) is 4.39 Å². The lowest BCUT2D eigenvalue weighted by molar-refractivity contribution is 0.146. The molecule has 19 heavy (non-hydrogen) atoms. The molecule has 0 bridgehead atoms. The molecule has 3 atom stereocenters. The van der Waals surface area contributed by atoms with Crippen molar-refractivity contribution in [2.24, 2.45) is 11.7 Å². The van der Waals surface area contributed by atoms with Crippen LogP contribution in [0.15, 0.2) is 24.3 Å². The number of nitrogens with two attached hydrogens (primary N) is 1. The molecule has 1 aliphatic carbocycles. The van der Waals surface area contributed by atoms with Crippen LogP contribution in [0.1, 0.15) is 37.3 Å². The fourth-order valence-corrected chi connectivity index (χ4v) is 2.95. The maximum Gasteiger partial charge on any atom is 0.128 e. The highest BCUT2D eigenvalue weighted by Gasteiger charge is 2.27. The normalized spacial score (nSPS) is 25.2. The molecule has 1 aliphatic rings. The van der Waals surface area contributed by atoms with E-state index in [-0.39, 0.29) is 30.4 Å². The average Bonchev–Trinajstić information content (AvgIpc) is 2.46. The van der Waals surface area contributed by atoms with Crippen LogP contribution < -0.4 is 11.1 Å². The van der Waals surface area contributed by atoms with Crippen LogP contribution in [0, 0.1) is 11.7 Å². The van der Waals surface area contributed by atoms with Gasteiger partial charge in [0.2, 0.25) is 0 Å². The van der Waals surface area contributed by atoms with Gasteiger partial charge in [0.15, 0.2) is 0 Å². The number of nitrogens with one attached hydrogen (secondary N) is 1. The summed E-state index contributed by atoms with van der Waals surface area (Å²) in [6.45, 7) is 0.543. The van der Waals surface area contributed by atoms with Crippen molar-refractivity contribution in [1.82, 2.24) is 5.32 Å². The van der Waals surface area contributed by atoms with Crippen LogP contribution in [0.4, 0.5) is 4.39 Å². The fourth-order valence-electron chi connectivity index (χ4n) is 2.95. The fraction of sp³-hybridized carbons (Fsp3) is 0.600. The van der Waals surface area contributed by atoms with Gasteiger partial charge in [0, 0.05) is 30.8 Å². The lowest BCUT2D eigenvalue weighted by Crippen LogP contribution is -2.44. The van der Waals surface area contributed by atoms with Gasteiger partial charge in [0.05, 0.1) is 0 Å². The van der Waals surface area contributed by atoms with E-state index in [2.05, 4.69) is 5.32 Å². The molecule has 4 N–H and O–H groups in total. The molecular weight excluding hydrogens is 243 g/mol. The quantitative estimate of drug-likeness (QED) is 0.763. The van der Waals surface area contributed by atoms with Crippen LogP contribution in [-0.2, 0) is 0 Å². The molecule has 1 saturated carbocycles. The number of aliphatic hydroxyl groups is 1. The van der Waals surface area contributed by atoms with Gasteiger partial charge >= 0.3 is 0 Å². The van der Waals surface area contributed by atoms with Crippen molar-refractivity contribution in [1.29, 1.82) is 0 Å². The van der Waals surface area contributed by atoms with Crippen LogP contribution in [0.3, 0.4) is 0 Å². The van der Waals surface area contributed by atoms with Gasteiger partial charge in [0.1, 0.15) is 5.82 Å². The van der Waals surface area contributed by atoms with E-state index < -0.39 is 0 Å². The highest BCUT2D eigenvalue weighted by atomic mass is 19.1. The SMILES string of the molecule is NCC(NC1CCCCC1CO)c1ccccc1F. The first kappa shape index (κ1) is 14.4. The van der Waals surface area contributed by atoms with Gasteiger partial charge in [0.25, 0.3) is 0 Å². The second-order valence-electron chi connectivity index (χ2n) is 5.31. The molecule has 0 heterocycles. The third kappa shape index (κ3) is 3.53. The molecule has 1 aromatic rings. The molecule has 0 spiro atoms. The molecule has 2 rings (SSSR count). The molecule has 1 fully saturated rings. The molecule has 0 saturated heterocycles. The van der Waals surface area contributed by atoms with Gasteiger partial charge < -0.3 is 16.2 Å². The maximum atomic E-state index is 13.8. The minimum Gasteiger partial charge on any atom is -0.396 e. The number of hydrogen-bond donors (Lipinski definition) is 3. The minimum atomic E-state index is -0.221. The smallest absolute Gasteiger partial charge is 0.128 e. The van der Waals surface area contributed by atoms with Crippen molar-refractivity contribution < 1.29 is 9.50 Å². The summed E-state index contributed by atoms with van der Waals surface area (Å²) in [5.41, 5.74) is 6.40. The summed E-state index contributed by atoms with van der Waals surface area (Å²) >= 11 is 0. The zero-order valence-electron chi connectivity index (χ0n) is 11.2. The lowest BCUT2D eigenvalue weighted by atomic mass is 9.84. The second kappa shape index (κ2) is 6.98. The molecule has 0 aliphatic heterocycles. The largest absolute Gasteiger partial charge is 0.396 e. The molecule has 3 nitrogen and oxygen atoms in total. The van der Waals surface area contributed by atoms with E-state index in [0.29, 0.717) is 12.1 Å². The summed E-state index contributed by atoms with van der Waals surface area (Å²) in [7, 11) is 0. The summed E-state index contributed by atoms with van der Waals surface area (Å²) in [6.07, 6.45) is 4.37. The van der Waals surface area contributed by atoms with E-state index in [1.54, 1.807) is 12.1 Å². The average molecular weight is 266 g/mol. The molecule has 0 aromatic heterocycles. The summed E-state index contributed by atoms with van der Waals surface area (Å²) in [5, 5.41) is 12.9. The zero-order valence-corrected chi connectivity index (χ0v) is 11.2. The molecule has 3 unspecified atom stereocenters. The predicted molar refractivity (Wildman–Crippen MR) is 74.2 cm³/mol. The van der Waals surface area contributed by atoms with Crippen molar-refractivity contribution in [2.45, 2.75) is 37.8 Å². The van der Waals surface area contributed by atoms with Gasteiger partial charge in [-0.15, -0.1) is 0 Å². The number of rotatable bonds is 5. The van der Waals surface area contributed by atoms with Gasteiger partial charge in [-0.05, 0) is 24.8 Å². The van der Waals surface area contributed by atoms with Gasteiger partial charge in [-0.1, -0.05) is 31.0 Å². The van der Waals surface area contributed by atoms with Gasteiger partial charge in [-0.3, -0.25) is 0 Å². The van der Waals surface area contributed by atoms with Crippen LogP contribution in [-0.4, -0.2) is 24.3 Å². The van der Waals surface area contributed by atoms with Crippen LogP contribution >= 0.6 is 0 Å². The number of halogens is 1. The standard InChI is InChI=1S/C15H23FN2O/c16-13-7-3-2-6-12(13)15(9-17)18-14-8-4-1-5-11(14)10-19/h2-3,6-7,11,14-15,18-19H,1,4-5,8-10,17H2. The van der Waals surface area contributed by atoms with E-state index in [1.807, 2.05) is 6.07 Å². The summed E-state index contributed by atoms with van der Waals surface area (Å²) in [6, 6.07) is 6.79. The highest BCUT2D eigenvalue weighted by Crippen LogP contribution is 2.27. The summed E-state index contributed by atoms with van der Waals surface area (Å²) < 4.78 is 13.8. The Morgan fingerprint density at radius 3 is 2.74 bits per heavy atom. The Balaban J connectivity index is 2.08. The van der Waals surface area contributed by atoms with Crippen molar-refractivity contribution in [3.8, 4) is 0 Å². The van der Waals surface area contributed by atoms with Crippen LogP contribution in [0.2, 0.25) is 0 Å². The van der Waals surface area contributed by atoms with Crippen molar-refractivity contribution in [2.75, 3.05) is 13.2 Å². The van der Waals surface area contributed by atoms with Crippen LogP contribution in [0.25, 0.3) is 0 Å². The van der Waals surface area contributed by atoms with E-state index in [0.717, 1.165) is 25.7 Å². The number of benzene rings is 1. The Morgan fingerprint density at radius 2 is 2.05 bits per heavy atom. The summed E-state index contributed by atoms with van der Waals surface area (Å²) in [4.78, 5) is 0. The second-order valence-corrected chi connectivity index (χ2v) is 5.31. The van der Waals surface area contributed by atoms with E-state index in [9.17, 15) is 9.50 Å². The molecule has 1 aromatic carbocycles. The maximum absolute atomic E-state index is 13.8. The lowest BCUT2D eigenvalue weighted by Gasteiger charge is -2.34. The van der Waals surface area contributed by atoms with Crippen molar-refractivity contribution >= 4 is 0 Å². The van der Waals surface area contributed by atoms with Crippen LogP contribution in [0.5, 0.6) is 0 Å². The number of hydrogen-bond acceptors (Lipinski definition) is 3. The molecule has 106 valence electrons. The Morgan fingerprint density at radius 1 is 1.32 bits per heavy atom. The Kier molecular flexibility index (Phi) is 5.31. The van der Waals surface area contributed by atoms with Crippen molar-refractivity contribution in [3.63, 3.8) is 0 Å². The zero-order chi connectivity index (χ0) is 13.7. The first-order chi connectivity index (χ1) is 9.26. The predicted octanol–water partition coefficient (Wildman–Crippen LogP) is 1.97. The Labute approximate surface area is 114 Å². The highest BCUT2D eigenvalue weighted by molar-refractivity contribution is 5.21. The molecule has 0 radical (unpaired) electrons. The molecule has 0 amide bonds. The van der Waals surface area contributed by atoms with Crippen molar-refractivity contribution in [3.05, 3.63) is 35.6 Å². The van der Waals surface area contributed by atoms with E-state index in [1.165, 1.54) is 6.07 Å². The number of aliphatic hydroxyl groups excluding tert-OH is 1. The summed E-state index contributed by atoms with van der Waals surface area (Å²) in [5.74, 6) is 0.0383. The Bertz CT molecular complexity index is 399. The third-order valence-corrected chi connectivity index (χ3v) is 4.08. The van der Waals surface area contributed by atoms with Gasteiger partial charge in [-0.2, -0.15) is 0 Å². The molecule has 4 heteroatoms.